The summed E-state index contributed by atoms with van der Waals surface area (Å²) in [6.07, 6.45) is 2.77. The molecule has 1 amide bonds. The van der Waals surface area contributed by atoms with Gasteiger partial charge in [0.1, 0.15) is 5.75 Å². The summed E-state index contributed by atoms with van der Waals surface area (Å²) in [5.74, 6) is 1.07. The van der Waals surface area contributed by atoms with Gasteiger partial charge in [0.25, 0.3) is 0 Å². The van der Waals surface area contributed by atoms with Gasteiger partial charge in [0.05, 0.1) is 6.61 Å². The van der Waals surface area contributed by atoms with Crippen molar-refractivity contribution in [3.63, 3.8) is 0 Å². The Bertz CT molecular complexity index is 388. The van der Waals surface area contributed by atoms with Crippen LogP contribution in [0.15, 0.2) is 24.3 Å². The summed E-state index contributed by atoms with van der Waals surface area (Å²) in [5, 5.41) is 3.27. The molecule has 0 atom stereocenters. The molecule has 0 saturated carbocycles. The molecule has 0 aliphatic carbocycles. The van der Waals surface area contributed by atoms with Crippen LogP contribution in [-0.2, 0) is 11.3 Å². The van der Waals surface area contributed by atoms with Crippen LogP contribution in [0.4, 0.5) is 0 Å². The summed E-state index contributed by atoms with van der Waals surface area (Å²) in [4.78, 5) is 13.0. The highest BCUT2D eigenvalue weighted by Crippen LogP contribution is 2.12. The zero-order valence-electron chi connectivity index (χ0n) is 12.8. The lowest BCUT2D eigenvalue weighted by Gasteiger charge is -2.11. The monoisotopic (exact) mass is 278 g/mol. The molecule has 0 heterocycles. The first kappa shape index (κ1) is 16.5. The van der Waals surface area contributed by atoms with Crippen molar-refractivity contribution in [3.05, 3.63) is 29.8 Å². The number of hydrogen-bond acceptors (Lipinski definition) is 3. The van der Waals surface area contributed by atoms with Crippen molar-refractivity contribution >= 4 is 5.91 Å². The van der Waals surface area contributed by atoms with E-state index in [2.05, 4.69) is 24.4 Å². The number of carbonyl (C=O) groups excluding carboxylic acids is 1. The van der Waals surface area contributed by atoms with E-state index in [4.69, 9.17) is 4.74 Å². The van der Waals surface area contributed by atoms with Gasteiger partial charge in [-0.25, -0.2) is 0 Å². The fourth-order valence-electron chi connectivity index (χ4n) is 1.69. The molecule has 1 N–H and O–H groups in total. The SMILES string of the molecule is CCCCOc1ccc(CNCCC(=O)N(C)C)cc1. The van der Waals surface area contributed by atoms with Gasteiger partial charge in [-0.3, -0.25) is 4.79 Å². The number of nitrogens with one attached hydrogen (secondary N) is 1. The highest BCUT2D eigenvalue weighted by atomic mass is 16.5. The van der Waals surface area contributed by atoms with E-state index in [0.717, 1.165) is 31.7 Å². The highest BCUT2D eigenvalue weighted by Gasteiger charge is 2.02. The number of hydrogen-bond donors (Lipinski definition) is 1. The van der Waals surface area contributed by atoms with Crippen molar-refractivity contribution in [3.8, 4) is 5.75 Å². The van der Waals surface area contributed by atoms with E-state index >= 15 is 0 Å². The number of nitrogens with zero attached hydrogens (tertiary/aromatic N) is 1. The molecule has 0 unspecified atom stereocenters. The third-order valence-electron chi connectivity index (χ3n) is 3.03. The van der Waals surface area contributed by atoms with Gasteiger partial charge in [0.2, 0.25) is 5.91 Å². The number of carbonyl (C=O) groups is 1. The molecule has 112 valence electrons. The number of ether oxygens (including phenoxy) is 1. The van der Waals surface area contributed by atoms with E-state index in [1.165, 1.54) is 5.56 Å². The minimum Gasteiger partial charge on any atom is -0.494 e. The molecule has 4 heteroatoms. The van der Waals surface area contributed by atoms with Crippen molar-refractivity contribution in [2.45, 2.75) is 32.7 Å². The Hall–Kier alpha value is -1.55. The average molecular weight is 278 g/mol. The largest absolute Gasteiger partial charge is 0.494 e. The number of rotatable bonds is 9. The zero-order chi connectivity index (χ0) is 14.8. The topological polar surface area (TPSA) is 41.6 Å². The molecule has 1 aromatic rings. The molecule has 4 nitrogen and oxygen atoms in total. The van der Waals surface area contributed by atoms with Crippen molar-refractivity contribution in [1.82, 2.24) is 10.2 Å². The second kappa shape index (κ2) is 9.37. The van der Waals surface area contributed by atoms with Crippen molar-refractivity contribution in [1.29, 1.82) is 0 Å². The van der Waals surface area contributed by atoms with Gasteiger partial charge in [-0.05, 0) is 24.1 Å². The van der Waals surface area contributed by atoms with E-state index in [1.807, 2.05) is 12.1 Å². The Morgan fingerprint density at radius 3 is 2.55 bits per heavy atom. The predicted octanol–water partition coefficient (Wildman–Crippen LogP) is 2.43. The highest BCUT2D eigenvalue weighted by molar-refractivity contribution is 5.75. The molecule has 0 bridgehead atoms. The third kappa shape index (κ3) is 6.57. The molecular weight excluding hydrogens is 252 g/mol. The zero-order valence-corrected chi connectivity index (χ0v) is 12.8. The fourth-order valence-corrected chi connectivity index (χ4v) is 1.69. The minimum absolute atomic E-state index is 0.150. The van der Waals surface area contributed by atoms with Crippen LogP contribution < -0.4 is 10.1 Å². The Morgan fingerprint density at radius 1 is 1.25 bits per heavy atom. The van der Waals surface area contributed by atoms with Gasteiger partial charge in [-0.2, -0.15) is 0 Å². The number of amides is 1. The van der Waals surface area contributed by atoms with E-state index in [1.54, 1.807) is 19.0 Å². The minimum atomic E-state index is 0.150. The van der Waals surface area contributed by atoms with Crippen LogP contribution in [0.1, 0.15) is 31.7 Å². The van der Waals surface area contributed by atoms with Crippen molar-refractivity contribution in [2.75, 3.05) is 27.2 Å². The maximum atomic E-state index is 11.4. The third-order valence-corrected chi connectivity index (χ3v) is 3.03. The standard InChI is InChI=1S/C16H26N2O2/c1-4-5-12-20-15-8-6-14(7-9-15)13-17-11-10-16(19)18(2)3/h6-9,17H,4-5,10-13H2,1-3H3. The molecule has 0 aliphatic rings. The van der Waals surface area contributed by atoms with Gasteiger partial charge in [0.15, 0.2) is 0 Å². The summed E-state index contributed by atoms with van der Waals surface area (Å²) >= 11 is 0. The molecule has 0 aromatic heterocycles. The average Bonchev–Trinajstić information content (AvgIpc) is 2.45. The van der Waals surface area contributed by atoms with Crippen molar-refractivity contribution in [2.24, 2.45) is 0 Å². The fraction of sp³-hybridized carbons (Fsp3) is 0.562. The van der Waals surface area contributed by atoms with Gasteiger partial charge in [0, 0.05) is 33.6 Å². The van der Waals surface area contributed by atoms with Gasteiger partial charge in [-0.15, -0.1) is 0 Å². The van der Waals surface area contributed by atoms with Crippen LogP contribution in [0.3, 0.4) is 0 Å². The lowest BCUT2D eigenvalue weighted by atomic mass is 10.2. The van der Waals surface area contributed by atoms with Gasteiger partial charge in [-0.1, -0.05) is 25.5 Å². The van der Waals surface area contributed by atoms with Gasteiger partial charge >= 0.3 is 0 Å². The lowest BCUT2D eigenvalue weighted by molar-refractivity contribution is -0.128. The second-order valence-electron chi connectivity index (χ2n) is 5.06. The molecule has 0 radical (unpaired) electrons. The summed E-state index contributed by atoms with van der Waals surface area (Å²) < 4.78 is 5.61. The molecule has 1 aromatic carbocycles. The summed E-state index contributed by atoms with van der Waals surface area (Å²) in [7, 11) is 3.55. The maximum absolute atomic E-state index is 11.4. The second-order valence-corrected chi connectivity index (χ2v) is 5.06. The normalized spacial score (nSPS) is 10.3. The molecular formula is C16H26N2O2. The van der Waals surface area contributed by atoms with Gasteiger partial charge < -0.3 is 15.0 Å². The van der Waals surface area contributed by atoms with E-state index in [0.29, 0.717) is 13.0 Å². The number of unbranched alkanes of at least 4 members (excludes halogenated alkanes) is 1. The van der Waals surface area contributed by atoms with E-state index in [-0.39, 0.29) is 5.91 Å². The Morgan fingerprint density at radius 2 is 1.95 bits per heavy atom. The van der Waals surface area contributed by atoms with Crippen LogP contribution in [0, 0.1) is 0 Å². The van der Waals surface area contributed by atoms with Crippen LogP contribution in [-0.4, -0.2) is 38.1 Å². The molecule has 0 aliphatic heterocycles. The smallest absolute Gasteiger partial charge is 0.223 e. The Labute approximate surface area is 122 Å². The quantitative estimate of drug-likeness (QED) is 0.705. The van der Waals surface area contributed by atoms with Crippen LogP contribution >= 0.6 is 0 Å². The lowest BCUT2D eigenvalue weighted by Crippen LogP contribution is -2.26. The first-order chi connectivity index (χ1) is 9.63. The molecule has 20 heavy (non-hydrogen) atoms. The van der Waals surface area contributed by atoms with Crippen LogP contribution in [0.2, 0.25) is 0 Å². The Kier molecular flexibility index (Phi) is 7.73. The first-order valence-electron chi connectivity index (χ1n) is 7.26. The molecule has 0 fully saturated rings. The molecule has 0 spiro atoms. The summed E-state index contributed by atoms with van der Waals surface area (Å²) in [6.45, 7) is 4.40. The summed E-state index contributed by atoms with van der Waals surface area (Å²) in [5.41, 5.74) is 1.20. The number of benzene rings is 1. The maximum Gasteiger partial charge on any atom is 0.223 e. The van der Waals surface area contributed by atoms with E-state index in [9.17, 15) is 4.79 Å². The Balaban J connectivity index is 2.22. The molecule has 0 saturated heterocycles. The van der Waals surface area contributed by atoms with Crippen LogP contribution in [0.5, 0.6) is 5.75 Å². The predicted molar refractivity (Wildman–Crippen MR) is 81.9 cm³/mol. The van der Waals surface area contributed by atoms with Crippen LogP contribution in [0.25, 0.3) is 0 Å². The van der Waals surface area contributed by atoms with Crippen molar-refractivity contribution < 1.29 is 9.53 Å². The molecule has 1 rings (SSSR count). The first-order valence-corrected chi connectivity index (χ1v) is 7.26. The van der Waals surface area contributed by atoms with E-state index < -0.39 is 0 Å². The summed E-state index contributed by atoms with van der Waals surface area (Å²) in [6, 6.07) is 8.11.